The summed E-state index contributed by atoms with van der Waals surface area (Å²) >= 11 is 0. The number of rotatable bonds is 4. The summed E-state index contributed by atoms with van der Waals surface area (Å²) in [4.78, 5) is 17.0. The number of aromatic nitrogens is 2. The van der Waals surface area contributed by atoms with E-state index >= 15 is 0 Å². The van der Waals surface area contributed by atoms with Crippen molar-refractivity contribution in [2.45, 2.75) is 40.3 Å². The SMILES string of the molecule is CC(c1ccccc1)n1c(CNC(=O)C(C)(C)C)nc2ccccc21. The minimum absolute atomic E-state index is 0.0264. The van der Waals surface area contributed by atoms with Crippen LogP contribution in [0, 0.1) is 5.41 Å². The van der Waals surface area contributed by atoms with Crippen molar-refractivity contribution in [1.82, 2.24) is 14.9 Å². The van der Waals surface area contributed by atoms with E-state index in [2.05, 4.69) is 35.0 Å². The Morgan fingerprint density at radius 2 is 1.72 bits per heavy atom. The van der Waals surface area contributed by atoms with Gasteiger partial charge in [-0.1, -0.05) is 63.2 Å². The van der Waals surface area contributed by atoms with Crippen LogP contribution in [0.3, 0.4) is 0 Å². The third kappa shape index (κ3) is 3.58. The van der Waals surface area contributed by atoms with E-state index in [9.17, 15) is 4.79 Å². The second-order valence-corrected chi connectivity index (χ2v) is 7.41. The molecule has 0 spiro atoms. The largest absolute Gasteiger partial charge is 0.348 e. The number of hydrogen-bond acceptors (Lipinski definition) is 2. The highest BCUT2D eigenvalue weighted by atomic mass is 16.2. The highest BCUT2D eigenvalue weighted by molar-refractivity contribution is 5.81. The molecule has 1 heterocycles. The molecule has 3 aromatic rings. The molecule has 3 rings (SSSR count). The lowest BCUT2D eigenvalue weighted by molar-refractivity contribution is -0.128. The van der Waals surface area contributed by atoms with Gasteiger partial charge in [0.1, 0.15) is 5.82 Å². The zero-order chi connectivity index (χ0) is 18.0. The number of carbonyl (C=O) groups excluding carboxylic acids is 1. The lowest BCUT2D eigenvalue weighted by atomic mass is 9.96. The Labute approximate surface area is 148 Å². The quantitative estimate of drug-likeness (QED) is 0.772. The number of fused-ring (bicyclic) bond motifs is 1. The van der Waals surface area contributed by atoms with Gasteiger partial charge in [0.15, 0.2) is 0 Å². The molecule has 1 aromatic heterocycles. The van der Waals surface area contributed by atoms with Gasteiger partial charge < -0.3 is 9.88 Å². The topological polar surface area (TPSA) is 46.9 Å². The summed E-state index contributed by atoms with van der Waals surface area (Å²) in [6, 6.07) is 18.6. The van der Waals surface area contributed by atoms with E-state index in [4.69, 9.17) is 4.98 Å². The number of nitrogens with one attached hydrogen (secondary N) is 1. The summed E-state index contributed by atoms with van der Waals surface area (Å²) in [5.41, 5.74) is 2.83. The molecular weight excluding hydrogens is 310 g/mol. The average molecular weight is 335 g/mol. The molecule has 0 radical (unpaired) electrons. The standard InChI is InChI=1S/C21H25N3O/c1-15(16-10-6-5-7-11-16)24-18-13-9-8-12-17(18)23-19(24)14-22-20(25)21(2,3)4/h5-13,15H,14H2,1-4H3,(H,22,25). The van der Waals surface area contributed by atoms with Crippen LogP contribution in [0.25, 0.3) is 11.0 Å². The Kier molecular flexibility index (Phi) is 4.62. The van der Waals surface area contributed by atoms with Gasteiger partial charge >= 0.3 is 0 Å². The summed E-state index contributed by atoms with van der Waals surface area (Å²) in [6.07, 6.45) is 0. The van der Waals surface area contributed by atoms with Crippen LogP contribution in [0.1, 0.15) is 45.1 Å². The lowest BCUT2D eigenvalue weighted by Crippen LogP contribution is -2.35. The summed E-state index contributed by atoms with van der Waals surface area (Å²) < 4.78 is 2.22. The molecule has 130 valence electrons. The van der Waals surface area contributed by atoms with Crippen molar-refractivity contribution in [1.29, 1.82) is 0 Å². The van der Waals surface area contributed by atoms with Gasteiger partial charge in [-0.15, -0.1) is 0 Å². The second-order valence-electron chi connectivity index (χ2n) is 7.41. The first-order valence-corrected chi connectivity index (χ1v) is 8.67. The molecule has 1 unspecified atom stereocenters. The van der Waals surface area contributed by atoms with E-state index in [0.29, 0.717) is 6.54 Å². The monoisotopic (exact) mass is 335 g/mol. The molecule has 2 aromatic carbocycles. The molecule has 0 fully saturated rings. The van der Waals surface area contributed by atoms with Crippen molar-refractivity contribution in [3.63, 3.8) is 0 Å². The van der Waals surface area contributed by atoms with Gasteiger partial charge in [-0.05, 0) is 24.6 Å². The van der Waals surface area contributed by atoms with Crippen molar-refractivity contribution in [2.24, 2.45) is 5.41 Å². The van der Waals surface area contributed by atoms with Crippen LogP contribution < -0.4 is 5.32 Å². The molecule has 0 aliphatic rings. The van der Waals surface area contributed by atoms with E-state index < -0.39 is 5.41 Å². The molecule has 0 saturated heterocycles. The molecular formula is C21H25N3O. The van der Waals surface area contributed by atoms with Gasteiger partial charge in [-0.25, -0.2) is 4.98 Å². The fourth-order valence-corrected chi connectivity index (χ4v) is 2.96. The van der Waals surface area contributed by atoms with E-state index in [1.165, 1.54) is 5.56 Å². The third-order valence-electron chi connectivity index (χ3n) is 4.43. The van der Waals surface area contributed by atoms with Gasteiger partial charge in [-0.3, -0.25) is 4.79 Å². The zero-order valence-corrected chi connectivity index (χ0v) is 15.3. The second kappa shape index (κ2) is 6.71. The smallest absolute Gasteiger partial charge is 0.225 e. The van der Waals surface area contributed by atoms with Crippen LogP contribution in [0.4, 0.5) is 0 Å². The fourth-order valence-electron chi connectivity index (χ4n) is 2.96. The van der Waals surface area contributed by atoms with Crippen molar-refractivity contribution < 1.29 is 4.79 Å². The zero-order valence-electron chi connectivity index (χ0n) is 15.3. The van der Waals surface area contributed by atoms with Gasteiger partial charge in [0.25, 0.3) is 0 Å². The number of carbonyl (C=O) groups is 1. The highest BCUT2D eigenvalue weighted by Gasteiger charge is 2.22. The molecule has 25 heavy (non-hydrogen) atoms. The lowest BCUT2D eigenvalue weighted by Gasteiger charge is -2.20. The summed E-state index contributed by atoms with van der Waals surface area (Å²) in [5, 5.41) is 3.02. The molecule has 0 aliphatic heterocycles. The Morgan fingerprint density at radius 3 is 2.40 bits per heavy atom. The Hall–Kier alpha value is -2.62. The van der Waals surface area contributed by atoms with E-state index in [0.717, 1.165) is 16.9 Å². The van der Waals surface area contributed by atoms with Gasteiger partial charge in [0, 0.05) is 5.41 Å². The summed E-state index contributed by atoms with van der Waals surface area (Å²) in [6.45, 7) is 8.33. The fraction of sp³-hybridized carbons (Fsp3) is 0.333. The molecule has 0 saturated carbocycles. The highest BCUT2D eigenvalue weighted by Crippen LogP contribution is 2.26. The molecule has 4 nitrogen and oxygen atoms in total. The number of imidazole rings is 1. The van der Waals surface area contributed by atoms with E-state index in [1.54, 1.807) is 0 Å². The first kappa shape index (κ1) is 17.2. The first-order valence-electron chi connectivity index (χ1n) is 8.67. The molecule has 1 amide bonds. The van der Waals surface area contributed by atoms with Crippen LogP contribution in [-0.4, -0.2) is 15.5 Å². The van der Waals surface area contributed by atoms with Crippen LogP contribution in [0.15, 0.2) is 54.6 Å². The minimum Gasteiger partial charge on any atom is -0.348 e. The number of nitrogens with zero attached hydrogens (tertiary/aromatic N) is 2. The van der Waals surface area contributed by atoms with Crippen LogP contribution in [0.2, 0.25) is 0 Å². The molecule has 4 heteroatoms. The molecule has 1 N–H and O–H groups in total. The van der Waals surface area contributed by atoms with Crippen molar-refractivity contribution >= 4 is 16.9 Å². The number of hydrogen-bond donors (Lipinski definition) is 1. The Balaban J connectivity index is 1.99. The van der Waals surface area contributed by atoms with Crippen molar-refractivity contribution in [3.8, 4) is 0 Å². The summed E-state index contributed by atoms with van der Waals surface area (Å²) in [5.74, 6) is 0.897. The Morgan fingerprint density at radius 1 is 1.08 bits per heavy atom. The minimum atomic E-state index is -0.415. The van der Waals surface area contributed by atoms with E-state index in [1.807, 2.05) is 57.2 Å². The maximum absolute atomic E-state index is 12.3. The number of amides is 1. The third-order valence-corrected chi connectivity index (χ3v) is 4.43. The molecule has 0 bridgehead atoms. The van der Waals surface area contributed by atoms with Crippen molar-refractivity contribution in [3.05, 3.63) is 66.0 Å². The number of benzene rings is 2. The molecule has 0 aliphatic carbocycles. The van der Waals surface area contributed by atoms with Crippen LogP contribution in [0.5, 0.6) is 0 Å². The normalized spacial score (nSPS) is 13.0. The predicted molar refractivity (Wildman–Crippen MR) is 101 cm³/mol. The van der Waals surface area contributed by atoms with Gasteiger partial charge in [0.2, 0.25) is 5.91 Å². The maximum Gasteiger partial charge on any atom is 0.225 e. The summed E-state index contributed by atoms with van der Waals surface area (Å²) in [7, 11) is 0. The molecule has 1 atom stereocenters. The van der Waals surface area contributed by atoms with Crippen molar-refractivity contribution in [2.75, 3.05) is 0 Å². The predicted octanol–water partition coefficient (Wildman–Crippen LogP) is 4.31. The number of para-hydroxylation sites is 2. The Bertz CT molecular complexity index is 875. The maximum atomic E-state index is 12.3. The van der Waals surface area contributed by atoms with Crippen LogP contribution >= 0.6 is 0 Å². The van der Waals surface area contributed by atoms with Gasteiger partial charge in [-0.2, -0.15) is 0 Å². The van der Waals surface area contributed by atoms with Gasteiger partial charge in [0.05, 0.1) is 23.6 Å². The first-order chi connectivity index (χ1) is 11.9. The van der Waals surface area contributed by atoms with E-state index in [-0.39, 0.29) is 11.9 Å². The van der Waals surface area contributed by atoms with Crippen LogP contribution in [-0.2, 0) is 11.3 Å². The average Bonchev–Trinajstić information content (AvgIpc) is 2.97.